The summed E-state index contributed by atoms with van der Waals surface area (Å²) in [6.45, 7) is 0. The highest BCUT2D eigenvalue weighted by atomic mass is 127. The summed E-state index contributed by atoms with van der Waals surface area (Å²) >= 11 is 1.42. The first-order chi connectivity index (χ1) is 3.55. The van der Waals surface area contributed by atoms with Gasteiger partial charge in [-0.3, -0.25) is 9.59 Å². The highest BCUT2D eigenvalue weighted by Crippen LogP contribution is 1.88. The first-order valence-corrected chi connectivity index (χ1v) is 2.88. The third-order valence-corrected chi connectivity index (χ3v) is 1.22. The molecule has 0 saturated heterocycles. The van der Waals surface area contributed by atoms with Gasteiger partial charge >= 0.3 is 0 Å². The second kappa shape index (κ2) is 2.98. The molecule has 0 aromatic rings. The van der Waals surface area contributed by atoms with E-state index in [9.17, 15) is 9.59 Å². The smallest absolute Gasteiger partial charge is 0.242 e. The number of carbonyl (C=O) groups excluding carboxylic acids is 2. The Bertz CT molecular complexity index is 110. The predicted octanol–water partition coefficient (Wildman–Crippen LogP) is -1.24. The molecule has 4 N–H and O–H groups in total. The Kier molecular flexibility index (Phi) is 2.91. The zero-order valence-electron chi connectivity index (χ0n) is 3.93. The first-order valence-electron chi connectivity index (χ1n) is 1.80. The largest absolute Gasteiger partial charge is 0.368 e. The molecule has 1 atom stereocenters. The van der Waals surface area contributed by atoms with Crippen LogP contribution in [0.25, 0.3) is 0 Å². The van der Waals surface area contributed by atoms with Crippen LogP contribution < -0.4 is 11.5 Å². The number of amides is 1. The fourth-order valence-electron chi connectivity index (χ4n) is 0.112. The Balaban J connectivity index is 3.83. The highest BCUT2D eigenvalue weighted by molar-refractivity contribution is 14.1. The molecule has 0 aliphatic carbocycles. The van der Waals surface area contributed by atoms with Gasteiger partial charge in [0.1, 0.15) is 0 Å². The van der Waals surface area contributed by atoms with Crippen LogP contribution in [-0.2, 0) is 9.59 Å². The highest BCUT2D eigenvalue weighted by Gasteiger charge is 2.14. The molecule has 0 saturated carbocycles. The number of primary amides is 1. The third-order valence-electron chi connectivity index (χ3n) is 0.551. The summed E-state index contributed by atoms with van der Waals surface area (Å²) in [4.78, 5) is 20.2. The lowest BCUT2D eigenvalue weighted by Crippen LogP contribution is -2.40. The maximum atomic E-state index is 10.1. The monoisotopic (exact) mass is 228 g/mol. The van der Waals surface area contributed by atoms with Crippen LogP contribution in [-0.4, -0.2) is 15.7 Å². The van der Waals surface area contributed by atoms with Gasteiger partial charge in [0.2, 0.25) is 9.70 Å². The van der Waals surface area contributed by atoms with Gasteiger partial charge in [0.25, 0.3) is 0 Å². The number of nitrogens with two attached hydrogens (primary N) is 2. The summed E-state index contributed by atoms with van der Waals surface area (Å²) in [7, 11) is 0. The van der Waals surface area contributed by atoms with Crippen molar-refractivity contribution in [3.05, 3.63) is 0 Å². The lowest BCUT2D eigenvalue weighted by molar-refractivity contribution is -0.123. The number of hydrogen-bond acceptors (Lipinski definition) is 3. The second-order valence-corrected chi connectivity index (χ2v) is 2.25. The Labute approximate surface area is 59.7 Å². The SMILES string of the molecule is NC(=O)C(N)C(=O)I. The zero-order chi connectivity index (χ0) is 6.73. The molecule has 0 rings (SSSR count). The summed E-state index contributed by atoms with van der Waals surface area (Å²) in [5, 5.41) is 0. The molecular weight excluding hydrogens is 223 g/mol. The molecule has 8 heavy (non-hydrogen) atoms. The molecule has 0 aromatic carbocycles. The van der Waals surface area contributed by atoms with Gasteiger partial charge in [0.15, 0.2) is 6.04 Å². The molecule has 0 aliphatic rings. The average molecular weight is 228 g/mol. The molecule has 0 fully saturated rings. The molecule has 0 aliphatic heterocycles. The Morgan fingerprint density at radius 1 is 1.50 bits per heavy atom. The Hall–Kier alpha value is -0.170. The van der Waals surface area contributed by atoms with Crippen molar-refractivity contribution in [3.8, 4) is 0 Å². The van der Waals surface area contributed by atoms with Crippen molar-refractivity contribution in [2.24, 2.45) is 11.5 Å². The average Bonchev–Trinajstić information content (AvgIpc) is 1.64. The van der Waals surface area contributed by atoms with E-state index in [0.29, 0.717) is 0 Å². The summed E-state index contributed by atoms with van der Waals surface area (Å²) < 4.78 is -0.435. The minimum Gasteiger partial charge on any atom is -0.368 e. The van der Waals surface area contributed by atoms with E-state index in [1.54, 1.807) is 0 Å². The second-order valence-electron chi connectivity index (χ2n) is 1.18. The van der Waals surface area contributed by atoms with Crippen LogP contribution in [0.5, 0.6) is 0 Å². The van der Waals surface area contributed by atoms with Crippen molar-refractivity contribution < 1.29 is 9.59 Å². The quantitative estimate of drug-likeness (QED) is 0.352. The molecule has 0 aromatic heterocycles. The van der Waals surface area contributed by atoms with Crippen LogP contribution >= 0.6 is 22.6 Å². The van der Waals surface area contributed by atoms with E-state index in [4.69, 9.17) is 5.73 Å². The molecule has 46 valence electrons. The molecule has 4 nitrogen and oxygen atoms in total. The molecule has 5 heteroatoms. The predicted molar refractivity (Wildman–Crippen MR) is 36.2 cm³/mol. The van der Waals surface area contributed by atoms with E-state index >= 15 is 0 Å². The van der Waals surface area contributed by atoms with Gasteiger partial charge in [-0.05, 0) is 0 Å². The van der Waals surface area contributed by atoms with E-state index in [1.807, 2.05) is 0 Å². The topological polar surface area (TPSA) is 86.2 Å². The van der Waals surface area contributed by atoms with Crippen LogP contribution in [0.4, 0.5) is 0 Å². The van der Waals surface area contributed by atoms with Crippen LogP contribution in [0.3, 0.4) is 0 Å². The van der Waals surface area contributed by atoms with Crippen LogP contribution in [0.2, 0.25) is 0 Å². The number of halogens is 1. The summed E-state index contributed by atoms with van der Waals surface area (Å²) in [5.41, 5.74) is 9.58. The number of rotatable bonds is 2. The van der Waals surface area contributed by atoms with Crippen molar-refractivity contribution in [1.29, 1.82) is 0 Å². The van der Waals surface area contributed by atoms with Gasteiger partial charge in [0, 0.05) is 22.6 Å². The summed E-state index contributed by atoms with van der Waals surface area (Å²) in [6.07, 6.45) is 0. The Morgan fingerprint density at radius 2 is 1.88 bits per heavy atom. The van der Waals surface area contributed by atoms with Gasteiger partial charge in [-0.1, -0.05) is 0 Å². The van der Waals surface area contributed by atoms with Crippen molar-refractivity contribution in [1.82, 2.24) is 0 Å². The van der Waals surface area contributed by atoms with Crippen LogP contribution in [0.15, 0.2) is 0 Å². The maximum absolute atomic E-state index is 10.1. The molecule has 0 spiro atoms. The van der Waals surface area contributed by atoms with Crippen LogP contribution in [0.1, 0.15) is 0 Å². The van der Waals surface area contributed by atoms with E-state index in [1.165, 1.54) is 22.6 Å². The normalized spacial score (nSPS) is 12.8. The summed E-state index contributed by atoms with van der Waals surface area (Å²) in [6, 6.07) is -1.14. The maximum Gasteiger partial charge on any atom is 0.242 e. The molecular formula is C3H5IN2O2. The van der Waals surface area contributed by atoms with Crippen LogP contribution in [0, 0.1) is 0 Å². The number of carbonyl (C=O) groups is 2. The van der Waals surface area contributed by atoms with Gasteiger partial charge < -0.3 is 11.5 Å². The van der Waals surface area contributed by atoms with E-state index < -0.39 is 15.7 Å². The lowest BCUT2D eigenvalue weighted by Gasteiger charge is -1.96. The first kappa shape index (κ1) is 7.83. The fourth-order valence-corrected chi connectivity index (χ4v) is 0.419. The van der Waals surface area contributed by atoms with Crippen molar-refractivity contribution >= 4 is 32.3 Å². The van der Waals surface area contributed by atoms with E-state index in [2.05, 4.69) is 5.73 Å². The minimum atomic E-state index is -1.14. The third kappa shape index (κ3) is 2.22. The molecule has 1 unspecified atom stereocenters. The zero-order valence-corrected chi connectivity index (χ0v) is 6.08. The minimum absolute atomic E-state index is 0.435. The van der Waals surface area contributed by atoms with Gasteiger partial charge in [-0.25, -0.2) is 0 Å². The fraction of sp³-hybridized carbons (Fsp3) is 0.333. The van der Waals surface area contributed by atoms with Gasteiger partial charge in [-0.15, -0.1) is 0 Å². The molecule has 0 radical (unpaired) electrons. The Morgan fingerprint density at radius 3 is 1.88 bits per heavy atom. The molecule has 0 bridgehead atoms. The number of hydrogen-bond donors (Lipinski definition) is 2. The van der Waals surface area contributed by atoms with Crippen molar-refractivity contribution in [2.45, 2.75) is 6.04 Å². The summed E-state index contributed by atoms with van der Waals surface area (Å²) in [5.74, 6) is -0.788. The van der Waals surface area contributed by atoms with Gasteiger partial charge in [0.05, 0.1) is 0 Å². The molecule has 1 amide bonds. The molecule has 0 heterocycles. The van der Waals surface area contributed by atoms with E-state index in [0.717, 1.165) is 0 Å². The standard InChI is InChI=1S/C3H5IN2O2/c4-2(7)1(5)3(6)8/h1H,5H2,(H2,6,8). The van der Waals surface area contributed by atoms with E-state index in [-0.39, 0.29) is 0 Å². The van der Waals surface area contributed by atoms with Crippen molar-refractivity contribution in [3.63, 3.8) is 0 Å². The van der Waals surface area contributed by atoms with Crippen molar-refractivity contribution in [2.75, 3.05) is 0 Å². The lowest BCUT2D eigenvalue weighted by atomic mass is 10.3. The van der Waals surface area contributed by atoms with Gasteiger partial charge in [-0.2, -0.15) is 0 Å².